The third-order valence-corrected chi connectivity index (χ3v) is 9.79. The number of carbonyl (C=O) groups is 4. The Morgan fingerprint density at radius 2 is 1.80 bits per heavy atom. The Morgan fingerprint density at radius 3 is 2.41 bits per heavy atom. The van der Waals surface area contributed by atoms with Crippen molar-refractivity contribution >= 4 is 29.2 Å². The maximum Gasteiger partial charge on any atom is 0.287 e. The summed E-state index contributed by atoms with van der Waals surface area (Å²) in [6.07, 6.45) is 12.9. The molecule has 6 rings (SSSR count). The van der Waals surface area contributed by atoms with Crippen LogP contribution in [0.5, 0.6) is 0 Å². The van der Waals surface area contributed by atoms with E-state index in [1.54, 1.807) is 30.8 Å². The van der Waals surface area contributed by atoms with Crippen molar-refractivity contribution in [3.8, 4) is 6.07 Å². The molecule has 4 fully saturated rings. The molecular weight excluding hydrogens is 560 g/mol. The molecule has 2 aromatic heterocycles. The van der Waals surface area contributed by atoms with Gasteiger partial charge in [-0.05, 0) is 106 Å². The second-order valence-electron chi connectivity index (χ2n) is 13.1. The van der Waals surface area contributed by atoms with Crippen molar-refractivity contribution in [2.45, 2.75) is 83.7 Å². The van der Waals surface area contributed by atoms with Gasteiger partial charge >= 0.3 is 0 Å². The molecule has 3 amide bonds. The smallest absolute Gasteiger partial charge is 0.287 e. The minimum absolute atomic E-state index is 0.0761. The lowest BCUT2D eigenvalue weighted by atomic mass is 9.48. The Hall–Kier alpha value is -4.20. The average molecular weight is 603 g/mol. The summed E-state index contributed by atoms with van der Waals surface area (Å²) in [6, 6.07) is 5.37. The van der Waals surface area contributed by atoms with Crippen LogP contribution in [-0.2, 0) is 28.0 Å². The number of amides is 3. The SMILES string of the molecule is CCNC(=O)C(=O)CC[C@H](NC(=O)c1cc(C#N)cn1C)C(=O)Nc1cccn(CCCC23CC4CC(CC(C4)C2)C3)c1=O. The van der Waals surface area contributed by atoms with Gasteiger partial charge in [0, 0.05) is 39.0 Å². The molecule has 0 unspecified atom stereocenters. The molecule has 0 spiro atoms. The number of nitriles is 1. The molecular formula is C33H42N6O5. The predicted molar refractivity (Wildman–Crippen MR) is 163 cm³/mol. The van der Waals surface area contributed by atoms with E-state index < -0.39 is 29.5 Å². The van der Waals surface area contributed by atoms with Crippen molar-refractivity contribution in [2.24, 2.45) is 30.2 Å². The number of aryl methyl sites for hydroxylation is 2. The summed E-state index contributed by atoms with van der Waals surface area (Å²) in [5.74, 6) is -0.161. The number of hydrogen-bond acceptors (Lipinski definition) is 6. The van der Waals surface area contributed by atoms with Gasteiger partial charge in [0.05, 0.1) is 5.56 Å². The molecule has 11 heteroatoms. The first-order valence-electron chi connectivity index (χ1n) is 15.8. The summed E-state index contributed by atoms with van der Waals surface area (Å²) in [4.78, 5) is 64.1. The molecule has 44 heavy (non-hydrogen) atoms. The van der Waals surface area contributed by atoms with Crippen LogP contribution in [0.3, 0.4) is 0 Å². The molecule has 0 aliphatic heterocycles. The number of aromatic nitrogens is 2. The fourth-order valence-electron chi connectivity index (χ4n) is 8.25. The first kappa shape index (κ1) is 31.2. The number of rotatable bonds is 13. The van der Waals surface area contributed by atoms with Gasteiger partial charge in [-0.25, -0.2) is 0 Å². The fourth-order valence-corrected chi connectivity index (χ4v) is 8.25. The van der Waals surface area contributed by atoms with Crippen LogP contribution in [0.25, 0.3) is 0 Å². The van der Waals surface area contributed by atoms with Crippen LogP contribution in [0.2, 0.25) is 0 Å². The summed E-state index contributed by atoms with van der Waals surface area (Å²) in [5, 5.41) is 16.9. The monoisotopic (exact) mass is 602 g/mol. The van der Waals surface area contributed by atoms with Crippen molar-refractivity contribution in [1.29, 1.82) is 5.26 Å². The number of Topliss-reactive ketones (excluding diaryl/α,β-unsaturated/α-hetero) is 1. The first-order chi connectivity index (χ1) is 21.1. The van der Waals surface area contributed by atoms with E-state index in [-0.39, 0.29) is 41.9 Å². The maximum atomic E-state index is 13.4. The van der Waals surface area contributed by atoms with E-state index in [1.807, 2.05) is 6.07 Å². The first-order valence-corrected chi connectivity index (χ1v) is 15.8. The van der Waals surface area contributed by atoms with Crippen molar-refractivity contribution < 1.29 is 19.2 Å². The van der Waals surface area contributed by atoms with E-state index in [9.17, 15) is 29.2 Å². The van der Waals surface area contributed by atoms with Crippen molar-refractivity contribution in [2.75, 3.05) is 11.9 Å². The van der Waals surface area contributed by atoms with Gasteiger partial charge in [-0.2, -0.15) is 5.26 Å². The molecule has 0 saturated heterocycles. The number of likely N-dealkylation sites (N-methyl/N-ethyl adjacent to an activating group) is 1. The third-order valence-electron chi connectivity index (χ3n) is 9.79. The van der Waals surface area contributed by atoms with E-state index in [1.165, 1.54) is 61.4 Å². The van der Waals surface area contributed by atoms with Crippen LogP contribution in [0.4, 0.5) is 5.69 Å². The van der Waals surface area contributed by atoms with Crippen LogP contribution in [0.1, 0.15) is 87.2 Å². The molecule has 1 atom stereocenters. The molecule has 0 aromatic carbocycles. The molecule has 3 N–H and O–H groups in total. The molecule has 4 aliphatic rings. The molecule has 2 aromatic rings. The summed E-state index contributed by atoms with van der Waals surface area (Å²) < 4.78 is 3.08. The van der Waals surface area contributed by atoms with E-state index in [4.69, 9.17) is 0 Å². The zero-order valence-corrected chi connectivity index (χ0v) is 25.6. The molecule has 4 aliphatic carbocycles. The van der Waals surface area contributed by atoms with Gasteiger partial charge < -0.3 is 25.1 Å². The van der Waals surface area contributed by atoms with Gasteiger partial charge in [-0.3, -0.25) is 24.0 Å². The highest BCUT2D eigenvalue weighted by molar-refractivity contribution is 6.36. The van der Waals surface area contributed by atoms with Crippen molar-refractivity contribution in [3.63, 3.8) is 0 Å². The number of hydrogen-bond donors (Lipinski definition) is 3. The lowest BCUT2D eigenvalue weighted by molar-refractivity contribution is -0.138. The Balaban J connectivity index is 1.25. The predicted octanol–water partition coefficient (Wildman–Crippen LogP) is 3.28. The molecule has 0 radical (unpaired) electrons. The van der Waals surface area contributed by atoms with Crippen molar-refractivity contribution in [3.05, 3.63) is 52.2 Å². The number of anilines is 1. The number of carbonyl (C=O) groups excluding carboxylic acids is 4. The van der Waals surface area contributed by atoms with E-state index in [0.717, 1.165) is 30.6 Å². The van der Waals surface area contributed by atoms with Gasteiger partial charge in [0.25, 0.3) is 17.4 Å². The summed E-state index contributed by atoms with van der Waals surface area (Å²) in [6.45, 7) is 2.52. The minimum Gasteiger partial charge on any atom is -0.350 e. The highest BCUT2D eigenvalue weighted by Crippen LogP contribution is 2.61. The van der Waals surface area contributed by atoms with Crippen LogP contribution in [0, 0.1) is 34.5 Å². The molecule has 2 heterocycles. The number of nitrogens with zero attached hydrogens (tertiary/aromatic N) is 3. The summed E-state index contributed by atoms with van der Waals surface area (Å²) in [7, 11) is 1.60. The van der Waals surface area contributed by atoms with E-state index >= 15 is 0 Å². The van der Waals surface area contributed by atoms with Gasteiger partial charge in [0.2, 0.25) is 11.7 Å². The third kappa shape index (κ3) is 6.95. The topological polar surface area (TPSA) is 155 Å². The van der Waals surface area contributed by atoms with E-state index in [2.05, 4.69) is 16.0 Å². The highest BCUT2D eigenvalue weighted by Gasteiger charge is 2.50. The minimum atomic E-state index is -1.22. The lowest BCUT2D eigenvalue weighted by Crippen LogP contribution is -2.46. The quantitative estimate of drug-likeness (QED) is 0.299. The van der Waals surface area contributed by atoms with Crippen LogP contribution >= 0.6 is 0 Å². The zero-order valence-electron chi connectivity index (χ0n) is 25.6. The normalized spacial score (nSPS) is 23.9. The van der Waals surface area contributed by atoms with Gasteiger partial charge in [0.15, 0.2) is 0 Å². The maximum absolute atomic E-state index is 13.4. The van der Waals surface area contributed by atoms with Gasteiger partial charge in [-0.1, -0.05) is 0 Å². The second-order valence-corrected chi connectivity index (χ2v) is 13.1. The fraction of sp³-hybridized carbons (Fsp3) is 0.576. The summed E-state index contributed by atoms with van der Waals surface area (Å²) in [5.41, 5.74) is 0.588. The second kappa shape index (κ2) is 13.2. The molecule has 234 valence electrons. The molecule has 11 nitrogen and oxygen atoms in total. The largest absolute Gasteiger partial charge is 0.350 e. The molecule has 4 saturated carbocycles. The van der Waals surface area contributed by atoms with E-state index in [0.29, 0.717) is 12.0 Å². The van der Waals surface area contributed by atoms with Crippen LogP contribution in [0.15, 0.2) is 35.4 Å². The lowest BCUT2D eigenvalue weighted by Gasteiger charge is -2.57. The summed E-state index contributed by atoms with van der Waals surface area (Å²) >= 11 is 0. The standard InChI is InChI=1S/C33H42N6O5/c1-3-35-31(43)28(40)8-7-25(36-30(42)27-15-24(19-34)20-38(27)2)29(41)37-26-6-4-10-39(32(26)44)11-5-9-33-16-21-12-22(17-33)14-23(13-21)18-33/h4,6,10,15,20-23,25H,3,5,7-9,11-14,16-18H2,1-2H3,(H,35,43)(H,36,42)(H,37,41)/t21?,22?,23?,25-,33?/m0/s1. The number of ketones is 1. The zero-order chi connectivity index (χ0) is 31.4. The number of nitrogens with one attached hydrogen (secondary N) is 3. The van der Waals surface area contributed by atoms with Gasteiger partial charge in [-0.15, -0.1) is 0 Å². The highest BCUT2D eigenvalue weighted by atomic mass is 16.2. The van der Waals surface area contributed by atoms with Gasteiger partial charge in [0.1, 0.15) is 23.5 Å². The average Bonchev–Trinajstić information content (AvgIpc) is 3.36. The van der Waals surface area contributed by atoms with Crippen molar-refractivity contribution in [1.82, 2.24) is 19.8 Å². The Kier molecular flexibility index (Phi) is 9.37. The Morgan fingerprint density at radius 1 is 1.11 bits per heavy atom. The number of pyridine rings is 1. The Labute approximate surface area is 257 Å². The molecule has 4 bridgehead atoms. The van der Waals surface area contributed by atoms with Crippen LogP contribution in [-0.4, -0.2) is 45.2 Å². The Bertz CT molecular complexity index is 1500. The van der Waals surface area contributed by atoms with Crippen LogP contribution < -0.4 is 21.5 Å².